The smallest absolute Gasteiger partial charge is 0.408 e. The molecule has 0 saturated carbocycles. The van der Waals surface area contributed by atoms with Gasteiger partial charge in [-0.3, -0.25) is 23.4 Å². The number of hydrogen-bond acceptors (Lipinski definition) is 9. The summed E-state index contributed by atoms with van der Waals surface area (Å²) in [6.45, 7) is 6.98. The predicted octanol–water partition coefficient (Wildman–Crippen LogP) is 2.22. The largest absolute Gasteiger partial charge is 0.508 e. The number of esters is 1. The monoisotopic (exact) mass is 688 g/mol. The van der Waals surface area contributed by atoms with Crippen LogP contribution in [0.2, 0.25) is 0 Å². The van der Waals surface area contributed by atoms with Gasteiger partial charge in [0, 0.05) is 49.2 Å². The minimum Gasteiger partial charge on any atom is -0.508 e. The Morgan fingerprint density at radius 1 is 0.854 bits per heavy atom. The lowest BCUT2D eigenvalue weighted by atomic mass is 10.0. The Morgan fingerprint density at radius 2 is 1.42 bits per heavy atom. The molecule has 2 rings (SSSR count). The molecule has 0 radical (unpaired) electrons. The second-order valence-electron chi connectivity index (χ2n) is 12.3. The molecule has 48 heavy (non-hydrogen) atoms. The Morgan fingerprint density at radius 3 is 2.00 bits per heavy atom. The highest BCUT2D eigenvalue weighted by molar-refractivity contribution is 7.84. The number of aromatic hydroxyl groups is 1. The van der Waals surface area contributed by atoms with Crippen molar-refractivity contribution in [1.29, 1.82) is 0 Å². The fraction of sp³-hybridized carbons (Fsp3) is 0.500. The average Bonchev–Trinajstić information content (AvgIpc) is 3.01. The Kier molecular flexibility index (Phi) is 16.0. The van der Waals surface area contributed by atoms with Gasteiger partial charge in [-0.1, -0.05) is 42.5 Å². The molecule has 14 heteroatoms. The highest BCUT2D eigenvalue weighted by Gasteiger charge is 2.32. The van der Waals surface area contributed by atoms with Gasteiger partial charge in [0.2, 0.25) is 17.7 Å². The van der Waals surface area contributed by atoms with Crippen molar-refractivity contribution in [1.82, 2.24) is 20.9 Å². The van der Waals surface area contributed by atoms with Gasteiger partial charge in [-0.05, 0) is 57.4 Å². The van der Waals surface area contributed by atoms with Crippen molar-refractivity contribution in [2.75, 3.05) is 32.2 Å². The molecule has 0 heterocycles. The number of amides is 4. The summed E-state index contributed by atoms with van der Waals surface area (Å²) in [5.41, 5.74) is 0.529. The van der Waals surface area contributed by atoms with Gasteiger partial charge < -0.3 is 35.4 Å². The third-order valence-corrected chi connectivity index (χ3v) is 7.75. The van der Waals surface area contributed by atoms with E-state index in [0.717, 1.165) is 5.56 Å². The summed E-state index contributed by atoms with van der Waals surface area (Å²) < 4.78 is 22.4. The molecule has 0 aliphatic rings. The first-order valence-electron chi connectivity index (χ1n) is 15.7. The fourth-order valence-electron chi connectivity index (χ4n) is 4.54. The van der Waals surface area contributed by atoms with Gasteiger partial charge in [0.25, 0.3) is 0 Å². The van der Waals surface area contributed by atoms with Crippen LogP contribution < -0.4 is 16.0 Å². The third kappa shape index (κ3) is 15.0. The van der Waals surface area contributed by atoms with Crippen LogP contribution in [-0.2, 0) is 52.3 Å². The summed E-state index contributed by atoms with van der Waals surface area (Å²) in [4.78, 5) is 67.0. The first kappa shape index (κ1) is 39.7. The molecule has 0 spiro atoms. The number of likely N-dealkylation sites (N-methyl/N-ethyl adjacent to an activating group) is 1. The molecule has 0 aliphatic heterocycles. The van der Waals surface area contributed by atoms with Crippen LogP contribution in [0.15, 0.2) is 54.6 Å². The molecule has 13 nitrogen and oxygen atoms in total. The van der Waals surface area contributed by atoms with Crippen LogP contribution in [0.3, 0.4) is 0 Å². The number of phenolic OH excluding ortho intramolecular Hbond substituents is 1. The standard InChI is InChI=1S/C34H48N4O9S/c1-7-46-29(40)17-19-38(5)32(43)28(22-23-11-9-8-10-12-23)36-30(41)26(18-20-48(6)45)35-31(42)27(37-33(44)47-34(2,3)4)21-24-13-15-25(39)16-14-24/h8-16,26-28,39H,7,17-22H2,1-6H3,(H,35,42)(H,36,41)(H,37,44)/t26-,27+,28+,48?/m1/s1. The quantitative estimate of drug-likeness (QED) is 0.181. The third-order valence-electron chi connectivity index (χ3n) is 6.94. The maximum absolute atomic E-state index is 13.8. The van der Waals surface area contributed by atoms with Crippen LogP contribution >= 0.6 is 0 Å². The normalized spacial score (nSPS) is 13.6. The van der Waals surface area contributed by atoms with E-state index in [4.69, 9.17) is 9.47 Å². The van der Waals surface area contributed by atoms with Crippen molar-refractivity contribution < 1.29 is 42.8 Å². The van der Waals surface area contributed by atoms with E-state index in [1.165, 1.54) is 30.3 Å². The van der Waals surface area contributed by atoms with E-state index in [9.17, 15) is 33.3 Å². The number of nitrogens with zero attached hydrogens (tertiary/aromatic N) is 1. The number of nitrogens with one attached hydrogen (secondary N) is 3. The number of carbonyl (C=O) groups is 5. The molecule has 0 fully saturated rings. The number of alkyl carbamates (subject to hydrolysis) is 1. The topological polar surface area (TPSA) is 180 Å². The lowest BCUT2D eigenvalue weighted by Gasteiger charge is -2.28. The Hall–Kier alpha value is -4.46. The number of ether oxygens (including phenoxy) is 2. The highest BCUT2D eigenvalue weighted by atomic mass is 32.2. The van der Waals surface area contributed by atoms with Crippen LogP contribution in [0.1, 0.15) is 51.7 Å². The SMILES string of the molecule is CCOC(=O)CCN(C)C(=O)[C@H](Cc1ccccc1)NC(=O)[C@@H](CCS(C)=O)NC(=O)[C@H](Cc1ccc(O)cc1)NC(=O)OC(C)(C)C. The van der Waals surface area contributed by atoms with E-state index in [1.807, 2.05) is 6.07 Å². The van der Waals surface area contributed by atoms with Crippen molar-refractivity contribution >= 4 is 40.6 Å². The lowest BCUT2D eigenvalue weighted by molar-refractivity contribution is -0.144. The second-order valence-corrected chi connectivity index (χ2v) is 13.8. The van der Waals surface area contributed by atoms with E-state index in [1.54, 1.807) is 64.1 Å². The first-order valence-corrected chi connectivity index (χ1v) is 17.4. The lowest BCUT2D eigenvalue weighted by Crippen LogP contribution is -2.58. The molecule has 2 aromatic rings. The minimum atomic E-state index is -1.32. The zero-order valence-electron chi connectivity index (χ0n) is 28.4. The van der Waals surface area contributed by atoms with E-state index >= 15 is 0 Å². The van der Waals surface area contributed by atoms with Gasteiger partial charge in [0.05, 0.1) is 13.0 Å². The Bertz CT molecular complexity index is 1400. The summed E-state index contributed by atoms with van der Waals surface area (Å²) in [5, 5.41) is 17.7. The molecule has 4 N–H and O–H groups in total. The fourth-order valence-corrected chi connectivity index (χ4v) is 5.11. The predicted molar refractivity (Wildman–Crippen MR) is 181 cm³/mol. The van der Waals surface area contributed by atoms with Crippen molar-refractivity contribution in [3.8, 4) is 5.75 Å². The minimum absolute atomic E-state index is 0.000216. The molecule has 0 saturated heterocycles. The van der Waals surface area contributed by atoms with Crippen LogP contribution in [0.25, 0.3) is 0 Å². The molecular weight excluding hydrogens is 640 g/mol. The molecule has 0 aromatic heterocycles. The number of benzene rings is 2. The van der Waals surface area contributed by atoms with Gasteiger partial charge in [-0.2, -0.15) is 0 Å². The average molecular weight is 689 g/mol. The van der Waals surface area contributed by atoms with E-state index in [-0.39, 0.29) is 50.3 Å². The maximum Gasteiger partial charge on any atom is 0.408 e. The Labute approximate surface area is 284 Å². The van der Waals surface area contributed by atoms with Gasteiger partial charge in [-0.15, -0.1) is 0 Å². The van der Waals surface area contributed by atoms with E-state index in [2.05, 4.69) is 16.0 Å². The molecule has 1 unspecified atom stereocenters. The molecular formula is C34H48N4O9S. The molecule has 0 aliphatic carbocycles. The number of carbonyl (C=O) groups excluding carboxylic acids is 5. The molecule has 264 valence electrons. The van der Waals surface area contributed by atoms with Crippen LogP contribution in [0.4, 0.5) is 4.79 Å². The summed E-state index contributed by atoms with van der Waals surface area (Å²) in [7, 11) is 0.200. The van der Waals surface area contributed by atoms with Crippen LogP contribution in [0.5, 0.6) is 5.75 Å². The van der Waals surface area contributed by atoms with Crippen molar-refractivity contribution in [2.24, 2.45) is 0 Å². The molecule has 2 aromatic carbocycles. The molecule has 4 amide bonds. The Balaban J connectivity index is 2.33. The summed E-state index contributed by atoms with van der Waals surface area (Å²) in [6.07, 6.45) is 0.685. The maximum atomic E-state index is 13.8. The highest BCUT2D eigenvalue weighted by Crippen LogP contribution is 2.14. The van der Waals surface area contributed by atoms with Crippen molar-refractivity contribution in [2.45, 2.75) is 77.1 Å². The number of phenols is 1. The summed E-state index contributed by atoms with van der Waals surface area (Å²) in [5.74, 6) is -2.24. The summed E-state index contributed by atoms with van der Waals surface area (Å²) in [6, 6.07) is 11.6. The number of hydrogen-bond donors (Lipinski definition) is 4. The van der Waals surface area contributed by atoms with Gasteiger partial charge in [0.1, 0.15) is 29.5 Å². The first-order chi connectivity index (χ1) is 22.6. The second kappa shape index (κ2) is 19.4. The van der Waals surface area contributed by atoms with Gasteiger partial charge >= 0.3 is 12.1 Å². The van der Waals surface area contributed by atoms with Crippen LogP contribution in [-0.4, -0.2) is 99.9 Å². The van der Waals surface area contributed by atoms with Crippen molar-refractivity contribution in [3.63, 3.8) is 0 Å². The van der Waals surface area contributed by atoms with Gasteiger partial charge in [-0.25, -0.2) is 4.79 Å². The molecule has 4 atom stereocenters. The molecule has 0 bridgehead atoms. The van der Waals surface area contributed by atoms with Crippen LogP contribution in [0, 0.1) is 0 Å². The zero-order chi connectivity index (χ0) is 35.9. The summed E-state index contributed by atoms with van der Waals surface area (Å²) >= 11 is 0. The van der Waals surface area contributed by atoms with E-state index < -0.39 is 64.3 Å². The number of rotatable bonds is 17. The van der Waals surface area contributed by atoms with Gasteiger partial charge in [0.15, 0.2) is 0 Å². The van der Waals surface area contributed by atoms with Crippen molar-refractivity contribution in [3.05, 3.63) is 65.7 Å². The zero-order valence-corrected chi connectivity index (χ0v) is 29.3. The van der Waals surface area contributed by atoms with E-state index in [0.29, 0.717) is 5.56 Å².